The highest BCUT2D eigenvalue weighted by Gasteiger charge is 2.29. The van der Waals surface area contributed by atoms with Crippen molar-refractivity contribution in [3.05, 3.63) is 35.9 Å². The fourth-order valence-electron chi connectivity index (χ4n) is 1.93. The smallest absolute Gasteiger partial charge is 0.0845 e. The average Bonchev–Trinajstić information content (AvgIpc) is 2.01. The van der Waals surface area contributed by atoms with Crippen molar-refractivity contribution in [3.8, 4) is 0 Å². The molecule has 1 aromatic rings. The molecule has 1 rings (SSSR count). The van der Waals surface area contributed by atoms with Crippen LogP contribution in [0.5, 0.6) is 0 Å². The molecular weight excluding hydrogens is 188 g/mol. The zero-order valence-corrected chi connectivity index (χ0v) is 10.5. The fraction of sp³-hybridized carbons (Fsp3) is 0.500. The molecule has 1 atom stereocenters. The summed E-state index contributed by atoms with van der Waals surface area (Å²) in [4.78, 5) is 0. The minimum atomic E-state index is -1.23. The van der Waals surface area contributed by atoms with Crippen LogP contribution in [0.3, 0.4) is 0 Å². The first kappa shape index (κ1) is 11.5. The Labute approximate surface area is 87.8 Å². The third kappa shape index (κ3) is 3.27. The van der Waals surface area contributed by atoms with Gasteiger partial charge in [-0.15, -0.1) is 0 Å². The predicted octanol–water partition coefficient (Wildman–Crippen LogP) is 3.23. The molecule has 0 aliphatic rings. The summed E-state index contributed by atoms with van der Waals surface area (Å²) >= 11 is 0. The maximum Gasteiger partial charge on any atom is 0.0845 e. The van der Waals surface area contributed by atoms with E-state index in [0.717, 1.165) is 11.6 Å². The maximum atomic E-state index is 10.4. The van der Waals surface area contributed by atoms with Crippen molar-refractivity contribution in [2.24, 2.45) is 0 Å². The summed E-state index contributed by atoms with van der Waals surface area (Å²) in [6.45, 7) is 8.76. The van der Waals surface area contributed by atoms with Crippen molar-refractivity contribution in [2.45, 2.75) is 38.2 Å². The predicted molar refractivity (Wildman–Crippen MR) is 64.2 cm³/mol. The number of hydrogen-bond donors (Lipinski definition) is 1. The molecule has 1 aromatic carbocycles. The van der Waals surface area contributed by atoms with Crippen molar-refractivity contribution in [1.82, 2.24) is 0 Å². The SMILES string of the molecule is CC(O)(C[Si](C)(C)C)c1ccccc1. The molecule has 1 unspecified atom stereocenters. The van der Waals surface area contributed by atoms with E-state index in [1.807, 2.05) is 37.3 Å². The van der Waals surface area contributed by atoms with Crippen LogP contribution in [0.15, 0.2) is 30.3 Å². The lowest BCUT2D eigenvalue weighted by molar-refractivity contribution is 0.0770. The quantitative estimate of drug-likeness (QED) is 0.756. The van der Waals surface area contributed by atoms with Gasteiger partial charge in [0.25, 0.3) is 0 Å². The highest BCUT2D eigenvalue weighted by molar-refractivity contribution is 6.76. The average molecular weight is 208 g/mol. The van der Waals surface area contributed by atoms with Gasteiger partial charge in [-0.1, -0.05) is 50.0 Å². The van der Waals surface area contributed by atoms with Gasteiger partial charge in [0, 0.05) is 8.07 Å². The summed E-state index contributed by atoms with van der Waals surface area (Å²) < 4.78 is 0. The molecule has 14 heavy (non-hydrogen) atoms. The van der Waals surface area contributed by atoms with E-state index >= 15 is 0 Å². The molecule has 0 aliphatic carbocycles. The number of rotatable bonds is 3. The second-order valence-electron chi connectivity index (χ2n) is 5.38. The lowest BCUT2D eigenvalue weighted by Gasteiger charge is -2.30. The van der Waals surface area contributed by atoms with Gasteiger partial charge >= 0.3 is 0 Å². The van der Waals surface area contributed by atoms with Crippen LogP contribution < -0.4 is 0 Å². The summed E-state index contributed by atoms with van der Waals surface area (Å²) in [5, 5.41) is 10.4. The molecule has 0 spiro atoms. The molecule has 0 saturated heterocycles. The van der Waals surface area contributed by atoms with Gasteiger partial charge in [0.15, 0.2) is 0 Å². The van der Waals surface area contributed by atoms with Gasteiger partial charge in [-0.2, -0.15) is 0 Å². The summed E-state index contributed by atoms with van der Waals surface area (Å²) in [7, 11) is -1.23. The van der Waals surface area contributed by atoms with Crippen LogP contribution in [-0.4, -0.2) is 13.2 Å². The molecule has 2 heteroatoms. The van der Waals surface area contributed by atoms with Crippen LogP contribution >= 0.6 is 0 Å². The zero-order valence-electron chi connectivity index (χ0n) is 9.54. The normalized spacial score (nSPS) is 16.4. The van der Waals surface area contributed by atoms with E-state index in [0.29, 0.717) is 0 Å². The monoisotopic (exact) mass is 208 g/mol. The topological polar surface area (TPSA) is 20.2 Å². The minimum Gasteiger partial charge on any atom is -0.386 e. The standard InChI is InChI=1S/C12H20OSi/c1-12(13,10-14(2,3)4)11-8-6-5-7-9-11/h5-9,13H,10H2,1-4H3. The first-order valence-electron chi connectivity index (χ1n) is 5.09. The largest absolute Gasteiger partial charge is 0.386 e. The van der Waals surface area contributed by atoms with E-state index < -0.39 is 13.7 Å². The Bertz CT molecular complexity index is 285. The molecule has 0 fully saturated rings. The van der Waals surface area contributed by atoms with E-state index in [9.17, 15) is 5.11 Å². The zero-order chi connectivity index (χ0) is 10.8. The highest BCUT2D eigenvalue weighted by atomic mass is 28.3. The van der Waals surface area contributed by atoms with Crippen molar-refractivity contribution in [1.29, 1.82) is 0 Å². The minimum absolute atomic E-state index is 0.661. The Morgan fingerprint density at radius 1 is 1.14 bits per heavy atom. The van der Waals surface area contributed by atoms with Crippen LogP contribution in [0, 0.1) is 0 Å². The molecule has 0 aliphatic heterocycles. The number of aliphatic hydroxyl groups is 1. The van der Waals surface area contributed by atoms with Gasteiger partial charge in [-0.3, -0.25) is 0 Å². The molecule has 1 nitrogen and oxygen atoms in total. The lowest BCUT2D eigenvalue weighted by Crippen LogP contribution is -2.33. The van der Waals surface area contributed by atoms with Crippen LogP contribution in [-0.2, 0) is 5.60 Å². The van der Waals surface area contributed by atoms with Crippen LogP contribution in [0.25, 0.3) is 0 Å². The molecule has 78 valence electrons. The molecular formula is C12H20OSi. The van der Waals surface area contributed by atoms with Crippen molar-refractivity contribution < 1.29 is 5.11 Å². The molecule has 0 aromatic heterocycles. The van der Waals surface area contributed by atoms with E-state index in [1.165, 1.54) is 0 Å². The Morgan fingerprint density at radius 2 is 1.64 bits per heavy atom. The Morgan fingerprint density at radius 3 is 2.07 bits per heavy atom. The van der Waals surface area contributed by atoms with Gasteiger partial charge in [-0.25, -0.2) is 0 Å². The van der Waals surface area contributed by atoms with Crippen molar-refractivity contribution in [2.75, 3.05) is 0 Å². The van der Waals surface area contributed by atoms with E-state index in [4.69, 9.17) is 0 Å². The van der Waals surface area contributed by atoms with E-state index in [2.05, 4.69) is 19.6 Å². The Kier molecular flexibility index (Phi) is 3.17. The summed E-state index contributed by atoms with van der Waals surface area (Å²) in [6.07, 6.45) is 0. The maximum absolute atomic E-state index is 10.4. The van der Waals surface area contributed by atoms with Crippen LogP contribution in [0.4, 0.5) is 0 Å². The molecule has 0 heterocycles. The van der Waals surface area contributed by atoms with Gasteiger partial charge in [0.2, 0.25) is 0 Å². The van der Waals surface area contributed by atoms with Gasteiger partial charge in [0.05, 0.1) is 5.60 Å². The second kappa shape index (κ2) is 3.87. The first-order chi connectivity index (χ1) is 6.31. The molecule has 0 bridgehead atoms. The fourth-order valence-corrected chi connectivity index (χ4v) is 4.20. The highest BCUT2D eigenvalue weighted by Crippen LogP contribution is 2.30. The molecule has 0 amide bonds. The first-order valence-corrected chi connectivity index (χ1v) is 8.80. The molecule has 0 saturated carbocycles. The molecule has 0 radical (unpaired) electrons. The third-order valence-electron chi connectivity index (χ3n) is 2.27. The lowest BCUT2D eigenvalue weighted by atomic mass is 9.98. The van der Waals surface area contributed by atoms with Crippen molar-refractivity contribution >= 4 is 8.07 Å². The van der Waals surface area contributed by atoms with E-state index in [-0.39, 0.29) is 0 Å². The summed E-state index contributed by atoms with van der Waals surface area (Å²) in [6, 6.07) is 10.8. The summed E-state index contributed by atoms with van der Waals surface area (Å²) in [5.41, 5.74) is 0.369. The molecule has 1 N–H and O–H groups in total. The Hall–Kier alpha value is -0.603. The second-order valence-corrected chi connectivity index (χ2v) is 10.9. The third-order valence-corrected chi connectivity index (χ3v) is 4.02. The summed E-state index contributed by atoms with van der Waals surface area (Å²) in [5.74, 6) is 0. The number of hydrogen-bond acceptors (Lipinski definition) is 1. The van der Waals surface area contributed by atoms with Crippen molar-refractivity contribution in [3.63, 3.8) is 0 Å². The Balaban J connectivity index is 2.86. The van der Waals surface area contributed by atoms with E-state index in [1.54, 1.807) is 0 Å². The van der Waals surface area contributed by atoms with Crippen LogP contribution in [0.1, 0.15) is 12.5 Å². The number of benzene rings is 1. The van der Waals surface area contributed by atoms with Gasteiger partial charge in [-0.05, 0) is 18.5 Å². The van der Waals surface area contributed by atoms with Gasteiger partial charge in [0.1, 0.15) is 0 Å². The van der Waals surface area contributed by atoms with Gasteiger partial charge < -0.3 is 5.11 Å². The van der Waals surface area contributed by atoms with Crippen LogP contribution in [0.2, 0.25) is 25.7 Å².